The first-order chi connectivity index (χ1) is 9.13. The maximum Gasteiger partial charge on any atom is 0.358 e. The number of hydrogen-bond donors (Lipinski definition) is 1. The van der Waals surface area contributed by atoms with Gasteiger partial charge in [-0.3, -0.25) is 0 Å². The number of halogens is 1. The summed E-state index contributed by atoms with van der Waals surface area (Å²) in [5.41, 5.74) is 1.10. The first-order valence-corrected chi connectivity index (χ1v) is 6.25. The number of benzene rings is 1. The lowest BCUT2D eigenvalue weighted by molar-refractivity contribution is 0.0516. The van der Waals surface area contributed by atoms with Crippen LogP contribution in [0.4, 0.5) is 0 Å². The fraction of sp³-hybridized carbons (Fsp3) is 0.214. The number of carbonyl (C=O) groups is 1. The molecule has 1 heterocycles. The summed E-state index contributed by atoms with van der Waals surface area (Å²) in [4.78, 5) is 14.9. The van der Waals surface area contributed by atoms with Gasteiger partial charge in [-0.2, -0.15) is 0 Å². The summed E-state index contributed by atoms with van der Waals surface area (Å²) < 4.78 is 10.6. The van der Waals surface area contributed by atoms with E-state index in [0.717, 1.165) is 10.9 Å². The van der Waals surface area contributed by atoms with E-state index >= 15 is 0 Å². The second kappa shape index (κ2) is 5.80. The van der Waals surface area contributed by atoms with E-state index in [2.05, 4.69) is 11.6 Å². The minimum Gasteiger partial charge on any atom is -0.485 e. The molecule has 0 amide bonds. The Morgan fingerprint density at radius 3 is 2.84 bits per heavy atom. The summed E-state index contributed by atoms with van der Waals surface area (Å²) in [6, 6.07) is 7.47. The lowest BCUT2D eigenvalue weighted by Gasteiger charge is -2.06. The highest BCUT2D eigenvalue weighted by atomic mass is 35.5. The number of H-pyrrole nitrogens is 1. The topological polar surface area (TPSA) is 51.3 Å². The van der Waals surface area contributed by atoms with Crippen molar-refractivity contribution in [3.8, 4) is 5.75 Å². The molecule has 4 nitrogen and oxygen atoms in total. The number of rotatable bonds is 5. The Morgan fingerprint density at radius 2 is 2.16 bits per heavy atom. The first kappa shape index (κ1) is 13.5. The van der Waals surface area contributed by atoms with Gasteiger partial charge in [0.05, 0.1) is 6.61 Å². The van der Waals surface area contributed by atoms with Crippen molar-refractivity contribution in [2.24, 2.45) is 0 Å². The van der Waals surface area contributed by atoms with E-state index in [4.69, 9.17) is 21.1 Å². The van der Waals surface area contributed by atoms with Crippen LogP contribution in [-0.2, 0) is 4.74 Å². The molecule has 1 aromatic heterocycles. The molecule has 1 aromatic carbocycles. The predicted octanol–water partition coefficient (Wildman–Crippen LogP) is 3.48. The maximum atomic E-state index is 11.9. The van der Waals surface area contributed by atoms with Crippen molar-refractivity contribution in [1.29, 1.82) is 0 Å². The molecule has 0 unspecified atom stereocenters. The van der Waals surface area contributed by atoms with E-state index in [-0.39, 0.29) is 6.61 Å². The predicted molar refractivity (Wildman–Crippen MR) is 74.7 cm³/mol. The normalized spacial score (nSPS) is 10.4. The van der Waals surface area contributed by atoms with Crippen LogP contribution in [0.3, 0.4) is 0 Å². The highest BCUT2D eigenvalue weighted by molar-refractivity contribution is 6.29. The second-order valence-corrected chi connectivity index (χ2v) is 4.44. The smallest absolute Gasteiger partial charge is 0.358 e. The number of carbonyl (C=O) groups excluding carboxylic acids is 1. The Bertz CT molecular complexity index is 618. The van der Waals surface area contributed by atoms with Gasteiger partial charge in [0.2, 0.25) is 0 Å². The van der Waals surface area contributed by atoms with Gasteiger partial charge in [0.1, 0.15) is 6.61 Å². The molecule has 0 bridgehead atoms. The van der Waals surface area contributed by atoms with Crippen LogP contribution in [0.15, 0.2) is 35.9 Å². The maximum absolute atomic E-state index is 11.9. The fourth-order valence-electron chi connectivity index (χ4n) is 1.76. The monoisotopic (exact) mass is 279 g/mol. The standard InChI is InChI=1S/C14H14ClNO3/c1-3-18-14(17)12-13(19-8-9(2)15)10-6-4-5-7-11(10)16-12/h4-7,16H,2-3,8H2,1H3. The van der Waals surface area contributed by atoms with Gasteiger partial charge in [-0.1, -0.05) is 30.3 Å². The molecule has 0 aliphatic rings. The van der Waals surface area contributed by atoms with Crippen molar-refractivity contribution in [3.05, 3.63) is 41.6 Å². The minimum atomic E-state index is -0.450. The van der Waals surface area contributed by atoms with Crippen molar-refractivity contribution in [2.45, 2.75) is 6.92 Å². The van der Waals surface area contributed by atoms with E-state index in [1.54, 1.807) is 6.92 Å². The number of ether oxygens (including phenoxy) is 2. The second-order valence-electron chi connectivity index (χ2n) is 3.90. The molecule has 0 aliphatic heterocycles. The summed E-state index contributed by atoms with van der Waals surface area (Å²) >= 11 is 5.69. The zero-order chi connectivity index (χ0) is 13.8. The van der Waals surface area contributed by atoms with Crippen LogP contribution in [0.25, 0.3) is 10.9 Å². The molecule has 19 heavy (non-hydrogen) atoms. The lowest BCUT2D eigenvalue weighted by atomic mass is 10.2. The molecule has 0 atom stereocenters. The van der Waals surface area contributed by atoms with E-state index in [0.29, 0.717) is 23.1 Å². The fourth-order valence-corrected chi connectivity index (χ4v) is 1.82. The van der Waals surface area contributed by atoms with Gasteiger partial charge in [-0.25, -0.2) is 4.79 Å². The largest absolute Gasteiger partial charge is 0.485 e. The summed E-state index contributed by atoms with van der Waals surface area (Å²) in [6.07, 6.45) is 0. The number of para-hydroxylation sites is 1. The lowest BCUT2D eigenvalue weighted by Crippen LogP contribution is -2.08. The number of hydrogen-bond acceptors (Lipinski definition) is 3. The Balaban J connectivity index is 2.45. The Morgan fingerprint density at radius 1 is 1.42 bits per heavy atom. The molecule has 0 saturated carbocycles. The van der Waals surface area contributed by atoms with E-state index < -0.39 is 5.97 Å². The van der Waals surface area contributed by atoms with E-state index in [1.807, 2.05) is 24.3 Å². The minimum absolute atomic E-state index is 0.135. The molecule has 1 N–H and O–H groups in total. The molecule has 0 fully saturated rings. The van der Waals surface area contributed by atoms with Crippen LogP contribution >= 0.6 is 11.6 Å². The summed E-state index contributed by atoms with van der Waals surface area (Å²) in [5.74, 6) is -0.00950. The molecule has 5 heteroatoms. The highest BCUT2D eigenvalue weighted by Gasteiger charge is 2.20. The van der Waals surface area contributed by atoms with Gasteiger partial charge in [-0.05, 0) is 19.1 Å². The number of nitrogens with one attached hydrogen (secondary N) is 1. The Hall–Kier alpha value is -1.94. The van der Waals surface area contributed by atoms with Crippen LogP contribution in [0.1, 0.15) is 17.4 Å². The van der Waals surface area contributed by atoms with Gasteiger partial charge in [0, 0.05) is 15.9 Å². The molecular weight excluding hydrogens is 266 g/mol. The SMILES string of the molecule is C=C(Cl)COc1c(C(=O)OCC)[nH]c2ccccc12. The summed E-state index contributed by atoms with van der Waals surface area (Å²) in [5, 5.41) is 1.17. The van der Waals surface area contributed by atoms with E-state index in [1.165, 1.54) is 0 Å². The first-order valence-electron chi connectivity index (χ1n) is 5.87. The molecule has 2 aromatic rings. The average molecular weight is 280 g/mol. The average Bonchev–Trinajstić information content (AvgIpc) is 2.75. The Kier molecular flexibility index (Phi) is 4.12. The molecule has 100 valence electrons. The highest BCUT2D eigenvalue weighted by Crippen LogP contribution is 2.31. The number of aromatic amines is 1. The third-order valence-electron chi connectivity index (χ3n) is 2.51. The Labute approximate surface area is 116 Å². The van der Waals surface area contributed by atoms with Crippen LogP contribution in [0.2, 0.25) is 0 Å². The van der Waals surface area contributed by atoms with Crippen molar-refractivity contribution in [3.63, 3.8) is 0 Å². The zero-order valence-corrected chi connectivity index (χ0v) is 11.3. The van der Waals surface area contributed by atoms with Crippen LogP contribution in [-0.4, -0.2) is 24.2 Å². The van der Waals surface area contributed by atoms with Crippen LogP contribution in [0.5, 0.6) is 5.75 Å². The van der Waals surface area contributed by atoms with Gasteiger partial charge in [0.15, 0.2) is 11.4 Å². The molecule has 0 aliphatic carbocycles. The van der Waals surface area contributed by atoms with Gasteiger partial charge in [0.25, 0.3) is 0 Å². The van der Waals surface area contributed by atoms with Crippen molar-refractivity contribution < 1.29 is 14.3 Å². The van der Waals surface area contributed by atoms with Gasteiger partial charge >= 0.3 is 5.97 Å². The van der Waals surface area contributed by atoms with E-state index in [9.17, 15) is 4.79 Å². The molecule has 0 radical (unpaired) electrons. The molecule has 2 rings (SSSR count). The van der Waals surface area contributed by atoms with Crippen molar-refractivity contribution in [2.75, 3.05) is 13.2 Å². The van der Waals surface area contributed by atoms with Crippen LogP contribution < -0.4 is 4.74 Å². The van der Waals surface area contributed by atoms with Crippen molar-refractivity contribution in [1.82, 2.24) is 4.98 Å². The molecular formula is C14H14ClNO3. The van der Waals surface area contributed by atoms with Crippen LogP contribution in [0, 0.1) is 0 Å². The molecule has 0 saturated heterocycles. The zero-order valence-electron chi connectivity index (χ0n) is 10.5. The quantitative estimate of drug-likeness (QED) is 0.853. The van der Waals surface area contributed by atoms with Gasteiger partial charge in [-0.15, -0.1) is 0 Å². The number of aromatic nitrogens is 1. The third-order valence-corrected chi connectivity index (χ3v) is 2.62. The van der Waals surface area contributed by atoms with Gasteiger partial charge < -0.3 is 14.5 Å². The molecule has 0 spiro atoms. The van der Waals surface area contributed by atoms with Crippen molar-refractivity contribution >= 4 is 28.5 Å². The number of esters is 1. The summed E-state index contributed by atoms with van der Waals surface area (Å²) in [7, 11) is 0. The third kappa shape index (κ3) is 2.90. The summed E-state index contributed by atoms with van der Waals surface area (Å²) in [6.45, 7) is 5.75. The number of fused-ring (bicyclic) bond motifs is 1.